The molecule has 0 spiro atoms. The zero-order chi connectivity index (χ0) is 22.8. The van der Waals surface area contributed by atoms with Crippen LogP contribution in [-0.4, -0.2) is 36.7 Å². The van der Waals surface area contributed by atoms with Crippen LogP contribution in [0.15, 0.2) is 59.2 Å². The number of phenols is 1. The van der Waals surface area contributed by atoms with Crippen molar-refractivity contribution in [3.63, 3.8) is 0 Å². The Kier molecular flexibility index (Phi) is 4.98. The summed E-state index contributed by atoms with van der Waals surface area (Å²) < 4.78 is 1.21. The van der Waals surface area contributed by atoms with E-state index in [1.165, 1.54) is 47.5 Å². The molecule has 0 aliphatic heterocycles. The minimum absolute atomic E-state index is 0.0235. The molecular formula is C20H13N9O3. The average Bonchev–Trinajstić information content (AvgIpc) is 3.20. The third-order valence-electron chi connectivity index (χ3n) is 4.46. The number of amides is 2. The number of primary amides is 2. The van der Waals surface area contributed by atoms with Gasteiger partial charge in [-0.3, -0.25) is 9.59 Å². The molecule has 0 saturated carbocycles. The number of aromatic hydroxyl groups is 1. The Morgan fingerprint density at radius 1 is 1.09 bits per heavy atom. The molecule has 0 fully saturated rings. The second-order valence-corrected chi connectivity index (χ2v) is 6.41. The molecule has 0 aliphatic carbocycles. The fraction of sp³-hybridized carbons (Fsp3) is 0. The van der Waals surface area contributed by atoms with Crippen LogP contribution in [0.1, 0.15) is 20.7 Å². The molecule has 12 heteroatoms. The summed E-state index contributed by atoms with van der Waals surface area (Å²) in [4.78, 5) is 35.0. The van der Waals surface area contributed by atoms with E-state index >= 15 is 0 Å². The summed E-state index contributed by atoms with van der Waals surface area (Å²) in [5.41, 5.74) is 10.6. The number of aromatic nitrogens is 4. The highest BCUT2D eigenvalue weighted by Gasteiger charge is 2.19. The first-order valence-electron chi connectivity index (χ1n) is 8.94. The number of benzene rings is 2. The van der Waals surface area contributed by atoms with Crippen molar-refractivity contribution in [1.82, 2.24) is 19.7 Å². The fourth-order valence-electron chi connectivity index (χ4n) is 3.00. The van der Waals surface area contributed by atoms with E-state index in [4.69, 9.17) is 18.0 Å². The number of hydrogen-bond donors (Lipinski definition) is 3. The first-order chi connectivity index (χ1) is 15.4. The van der Waals surface area contributed by atoms with Gasteiger partial charge in [-0.1, -0.05) is 6.07 Å². The minimum atomic E-state index is -0.934. The molecule has 12 nitrogen and oxygen atoms in total. The molecule has 5 N–H and O–H groups in total. The molecule has 4 rings (SSSR count). The van der Waals surface area contributed by atoms with E-state index in [2.05, 4.69) is 30.1 Å². The maximum Gasteiger partial charge on any atom is 0.253 e. The molecule has 2 aromatic heterocycles. The highest BCUT2D eigenvalue weighted by atomic mass is 16.3. The molecule has 0 radical (unpaired) electrons. The van der Waals surface area contributed by atoms with Gasteiger partial charge in [-0.2, -0.15) is 9.78 Å². The molecule has 2 heterocycles. The van der Waals surface area contributed by atoms with Gasteiger partial charge >= 0.3 is 0 Å². The zero-order valence-electron chi connectivity index (χ0n) is 16.2. The van der Waals surface area contributed by atoms with Crippen LogP contribution in [0.4, 0.5) is 17.2 Å². The summed E-state index contributed by atoms with van der Waals surface area (Å²) >= 11 is 0. The lowest BCUT2D eigenvalue weighted by Gasteiger charge is -2.09. The Morgan fingerprint density at radius 3 is 2.50 bits per heavy atom. The average molecular weight is 427 g/mol. The Balaban J connectivity index is 1.88. The molecule has 0 saturated heterocycles. The van der Waals surface area contributed by atoms with Crippen molar-refractivity contribution in [3.05, 3.63) is 71.5 Å². The number of nitrogens with zero attached hydrogens (tertiary/aromatic N) is 7. The number of nitrogens with two attached hydrogens (primary N) is 2. The summed E-state index contributed by atoms with van der Waals surface area (Å²) in [5, 5.41) is 23.5. The zero-order valence-corrected chi connectivity index (χ0v) is 16.2. The van der Waals surface area contributed by atoms with Gasteiger partial charge in [0.2, 0.25) is 5.91 Å². The first-order valence-corrected chi connectivity index (χ1v) is 8.94. The summed E-state index contributed by atoms with van der Waals surface area (Å²) in [6.07, 6.45) is 4.27. The number of fused-ring (bicyclic) bond motifs is 1. The molecular weight excluding hydrogens is 414 g/mol. The number of carbonyl (C=O) groups is 2. The lowest BCUT2D eigenvalue weighted by molar-refractivity contribution is 0.0989. The molecule has 2 amide bonds. The predicted molar refractivity (Wildman–Crippen MR) is 112 cm³/mol. The van der Waals surface area contributed by atoms with E-state index in [1.54, 1.807) is 6.07 Å². The van der Waals surface area contributed by atoms with Crippen LogP contribution < -0.4 is 11.5 Å². The lowest BCUT2D eigenvalue weighted by atomic mass is 9.99. The highest BCUT2D eigenvalue weighted by Crippen LogP contribution is 2.39. The predicted octanol–water partition coefficient (Wildman–Crippen LogP) is 2.69. The standard InChI is InChI=1S/C20H13N9O3/c1-23-14-9-26-29(20-24-5-2-6-25-20)19(14)28-27-13-8-10-3-4-11(17(21)31)7-12(10)15(16(13)30)18(22)32/h2-9,30H,(H2,21,31)(H2,22,32)/b28-27+. The Bertz CT molecular complexity index is 1450. The number of rotatable bonds is 5. The molecule has 156 valence electrons. The van der Waals surface area contributed by atoms with E-state index in [0.29, 0.717) is 5.39 Å². The van der Waals surface area contributed by atoms with Crippen molar-refractivity contribution in [2.24, 2.45) is 21.7 Å². The van der Waals surface area contributed by atoms with Gasteiger partial charge < -0.3 is 16.6 Å². The van der Waals surface area contributed by atoms with Crippen molar-refractivity contribution in [3.8, 4) is 11.7 Å². The summed E-state index contributed by atoms with van der Waals surface area (Å²) in [7, 11) is 0. The molecule has 2 aromatic carbocycles. The summed E-state index contributed by atoms with van der Waals surface area (Å²) in [6.45, 7) is 7.32. The van der Waals surface area contributed by atoms with Crippen molar-refractivity contribution in [1.29, 1.82) is 0 Å². The maximum atomic E-state index is 12.0. The fourth-order valence-corrected chi connectivity index (χ4v) is 3.00. The second-order valence-electron chi connectivity index (χ2n) is 6.41. The van der Waals surface area contributed by atoms with E-state index in [9.17, 15) is 14.7 Å². The van der Waals surface area contributed by atoms with Gasteiger partial charge in [0.15, 0.2) is 11.6 Å². The first kappa shape index (κ1) is 20.1. The Hall–Kier alpha value is -5.18. The quantitative estimate of drug-likeness (QED) is 0.325. The third-order valence-corrected chi connectivity index (χ3v) is 4.46. The third kappa shape index (κ3) is 3.46. The SMILES string of the molecule is [C-]#[N+]c1cnn(-c2ncccn2)c1/N=N/c1cc2ccc(C(N)=O)cc2c(C(N)=O)c1O. The van der Waals surface area contributed by atoms with E-state index in [0.717, 1.165) is 0 Å². The molecule has 4 aromatic rings. The van der Waals surface area contributed by atoms with Crippen molar-refractivity contribution >= 4 is 39.8 Å². The van der Waals surface area contributed by atoms with E-state index in [1.807, 2.05) is 0 Å². The monoisotopic (exact) mass is 427 g/mol. The van der Waals surface area contributed by atoms with Crippen LogP contribution in [0.3, 0.4) is 0 Å². The minimum Gasteiger partial charge on any atom is -0.505 e. The molecule has 0 atom stereocenters. The van der Waals surface area contributed by atoms with Gasteiger partial charge in [0.1, 0.15) is 5.69 Å². The van der Waals surface area contributed by atoms with Gasteiger partial charge in [0.05, 0.1) is 18.3 Å². The van der Waals surface area contributed by atoms with Gasteiger partial charge in [-0.05, 0) is 35.0 Å². The van der Waals surface area contributed by atoms with Gasteiger partial charge in [0, 0.05) is 18.0 Å². The van der Waals surface area contributed by atoms with Crippen molar-refractivity contribution in [2.45, 2.75) is 0 Å². The largest absolute Gasteiger partial charge is 0.505 e. The van der Waals surface area contributed by atoms with Crippen molar-refractivity contribution < 1.29 is 14.7 Å². The van der Waals surface area contributed by atoms with Crippen LogP contribution in [0.2, 0.25) is 0 Å². The van der Waals surface area contributed by atoms with Crippen LogP contribution in [-0.2, 0) is 0 Å². The highest BCUT2D eigenvalue weighted by molar-refractivity contribution is 6.12. The molecule has 0 aliphatic rings. The van der Waals surface area contributed by atoms with Gasteiger partial charge in [-0.15, -0.1) is 10.2 Å². The molecule has 0 unspecified atom stereocenters. The van der Waals surface area contributed by atoms with Crippen LogP contribution in [0, 0.1) is 6.57 Å². The van der Waals surface area contributed by atoms with Crippen molar-refractivity contribution in [2.75, 3.05) is 0 Å². The second kappa shape index (κ2) is 7.92. The normalized spacial score (nSPS) is 11.0. The summed E-state index contributed by atoms with van der Waals surface area (Å²) in [6, 6.07) is 7.42. The van der Waals surface area contributed by atoms with Gasteiger partial charge in [0.25, 0.3) is 17.5 Å². The van der Waals surface area contributed by atoms with Crippen LogP contribution in [0.5, 0.6) is 5.75 Å². The lowest BCUT2D eigenvalue weighted by Crippen LogP contribution is -2.13. The Labute approximate surface area is 179 Å². The maximum absolute atomic E-state index is 12.0. The van der Waals surface area contributed by atoms with Gasteiger partial charge in [-0.25, -0.2) is 14.8 Å². The molecule has 32 heavy (non-hydrogen) atoms. The van der Waals surface area contributed by atoms with E-state index in [-0.39, 0.29) is 39.7 Å². The number of azo groups is 1. The topological polar surface area (TPSA) is 179 Å². The number of hydrogen-bond acceptors (Lipinski definition) is 8. The van der Waals surface area contributed by atoms with E-state index < -0.39 is 17.6 Å². The molecule has 0 bridgehead atoms. The van der Waals surface area contributed by atoms with Crippen LogP contribution in [0.25, 0.3) is 21.6 Å². The van der Waals surface area contributed by atoms with Crippen LogP contribution >= 0.6 is 0 Å². The Morgan fingerprint density at radius 2 is 1.84 bits per heavy atom. The smallest absolute Gasteiger partial charge is 0.253 e. The number of carbonyl (C=O) groups excluding carboxylic acids is 2. The summed E-state index contributed by atoms with van der Waals surface area (Å²) in [5.74, 6) is -1.99.